The lowest BCUT2D eigenvalue weighted by molar-refractivity contribution is 0.324. The SMILES string of the molecule is COc1cc(/C=C/c2ccc3ccccc3n2)cc(OC)c1OC. The quantitative estimate of drug-likeness (QED) is 0.697. The second-order valence-electron chi connectivity index (χ2n) is 5.22. The Morgan fingerprint density at radius 2 is 1.50 bits per heavy atom. The predicted octanol–water partition coefficient (Wildman–Crippen LogP) is 4.43. The van der Waals surface area contributed by atoms with Crippen LogP contribution in [0.2, 0.25) is 0 Å². The fourth-order valence-electron chi connectivity index (χ4n) is 2.55. The average molecular weight is 321 g/mol. The standard InChI is InChI=1S/C20H19NO3/c1-22-18-12-14(13-19(23-2)20(18)24-3)8-10-16-11-9-15-6-4-5-7-17(15)21-16/h4-13H,1-3H3/b10-8+. The number of aromatic nitrogens is 1. The van der Waals surface area contributed by atoms with Gasteiger partial charge in [-0.1, -0.05) is 30.3 Å². The average Bonchev–Trinajstić information content (AvgIpc) is 2.65. The minimum atomic E-state index is 0.584. The van der Waals surface area contributed by atoms with E-state index in [-0.39, 0.29) is 0 Å². The summed E-state index contributed by atoms with van der Waals surface area (Å²) in [6, 6.07) is 15.9. The van der Waals surface area contributed by atoms with Gasteiger partial charge >= 0.3 is 0 Å². The van der Waals surface area contributed by atoms with Gasteiger partial charge in [-0.05, 0) is 35.9 Å². The van der Waals surface area contributed by atoms with Gasteiger partial charge in [0.1, 0.15) is 0 Å². The van der Waals surface area contributed by atoms with Crippen LogP contribution in [-0.2, 0) is 0 Å². The Hall–Kier alpha value is -3.01. The number of nitrogens with zero attached hydrogens (tertiary/aromatic N) is 1. The van der Waals surface area contributed by atoms with Crippen LogP contribution in [0.3, 0.4) is 0 Å². The lowest BCUT2D eigenvalue weighted by atomic mass is 10.1. The molecule has 0 bridgehead atoms. The van der Waals surface area contributed by atoms with E-state index in [1.54, 1.807) is 21.3 Å². The highest BCUT2D eigenvalue weighted by molar-refractivity contribution is 5.81. The van der Waals surface area contributed by atoms with Crippen molar-refractivity contribution in [1.82, 2.24) is 4.98 Å². The van der Waals surface area contributed by atoms with E-state index >= 15 is 0 Å². The number of fused-ring (bicyclic) bond motifs is 1. The second-order valence-corrected chi connectivity index (χ2v) is 5.22. The van der Waals surface area contributed by atoms with Crippen molar-refractivity contribution in [3.8, 4) is 17.2 Å². The largest absolute Gasteiger partial charge is 0.493 e. The van der Waals surface area contributed by atoms with Crippen molar-refractivity contribution in [2.75, 3.05) is 21.3 Å². The third kappa shape index (κ3) is 3.18. The summed E-state index contributed by atoms with van der Waals surface area (Å²) in [4.78, 5) is 4.64. The van der Waals surface area contributed by atoms with Crippen molar-refractivity contribution in [3.05, 3.63) is 59.8 Å². The van der Waals surface area contributed by atoms with Crippen molar-refractivity contribution in [3.63, 3.8) is 0 Å². The minimum Gasteiger partial charge on any atom is -0.493 e. The molecule has 0 aliphatic carbocycles. The molecule has 1 aromatic heterocycles. The normalized spacial score (nSPS) is 11.0. The van der Waals surface area contributed by atoms with Crippen molar-refractivity contribution >= 4 is 23.1 Å². The Morgan fingerprint density at radius 1 is 0.792 bits per heavy atom. The molecule has 0 saturated heterocycles. The third-order valence-electron chi connectivity index (χ3n) is 3.75. The first kappa shape index (κ1) is 15.9. The fraction of sp³-hybridized carbons (Fsp3) is 0.150. The maximum Gasteiger partial charge on any atom is 0.203 e. The Morgan fingerprint density at radius 3 is 2.17 bits per heavy atom. The first-order chi connectivity index (χ1) is 11.7. The first-order valence-electron chi connectivity index (χ1n) is 7.59. The number of rotatable bonds is 5. The molecule has 24 heavy (non-hydrogen) atoms. The lowest BCUT2D eigenvalue weighted by Crippen LogP contribution is -1.95. The Kier molecular flexibility index (Phi) is 4.66. The molecule has 0 N–H and O–H groups in total. The predicted molar refractivity (Wildman–Crippen MR) is 96.8 cm³/mol. The van der Waals surface area contributed by atoms with Crippen LogP contribution < -0.4 is 14.2 Å². The summed E-state index contributed by atoms with van der Waals surface area (Å²) >= 11 is 0. The molecular weight excluding hydrogens is 302 g/mol. The van der Waals surface area contributed by atoms with Crippen LogP contribution in [0.4, 0.5) is 0 Å². The number of ether oxygens (including phenoxy) is 3. The molecule has 2 aromatic carbocycles. The molecule has 0 spiro atoms. The maximum atomic E-state index is 5.37. The Bertz CT molecular complexity index is 862. The molecule has 0 aliphatic heterocycles. The summed E-state index contributed by atoms with van der Waals surface area (Å²) < 4.78 is 16.1. The summed E-state index contributed by atoms with van der Waals surface area (Å²) in [5, 5.41) is 1.13. The summed E-state index contributed by atoms with van der Waals surface area (Å²) in [7, 11) is 4.81. The number of methoxy groups -OCH3 is 3. The number of benzene rings is 2. The van der Waals surface area contributed by atoms with Crippen LogP contribution in [0.25, 0.3) is 23.1 Å². The van der Waals surface area contributed by atoms with Gasteiger partial charge in [0.15, 0.2) is 11.5 Å². The van der Waals surface area contributed by atoms with E-state index in [2.05, 4.69) is 17.1 Å². The van der Waals surface area contributed by atoms with Crippen molar-refractivity contribution in [2.45, 2.75) is 0 Å². The van der Waals surface area contributed by atoms with E-state index in [0.717, 1.165) is 22.2 Å². The fourth-order valence-corrected chi connectivity index (χ4v) is 2.55. The van der Waals surface area contributed by atoms with Crippen molar-refractivity contribution in [2.24, 2.45) is 0 Å². The van der Waals surface area contributed by atoms with Crippen LogP contribution in [0, 0.1) is 0 Å². The Labute approximate surface area is 141 Å². The van der Waals surface area contributed by atoms with Gasteiger partial charge in [-0.15, -0.1) is 0 Å². The summed E-state index contributed by atoms with van der Waals surface area (Å²) in [6.07, 6.45) is 3.94. The highest BCUT2D eigenvalue weighted by atomic mass is 16.5. The lowest BCUT2D eigenvalue weighted by Gasteiger charge is -2.12. The van der Waals surface area contributed by atoms with Crippen LogP contribution in [0.1, 0.15) is 11.3 Å². The van der Waals surface area contributed by atoms with E-state index in [0.29, 0.717) is 17.2 Å². The molecule has 0 saturated carbocycles. The zero-order valence-corrected chi connectivity index (χ0v) is 13.9. The van der Waals surface area contributed by atoms with Gasteiger partial charge in [0, 0.05) is 5.39 Å². The van der Waals surface area contributed by atoms with E-state index in [4.69, 9.17) is 14.2 Å². The van der Waals surface area contributed by atoms with E-state index < -0.39 is 0 Å². The molecule has 0 radical (unpaired) electrons. The van der Waals surface area contributed by atoms with Crippen LogP contribution >= 0.6 is 0 Å². The number of hydrogen-bond acceptors (Lipinski definition) is 4. The molecule has 3 aromatic rings. The van der Waals surface area contributed by atoms with Crippen molar-refractivity contribution in [1.29, 1.82) is 0 Å². The molecule has 0 fully saturated rings. The van der Waals surface area contributed by atoms with Gasteiger partial charge in [0.25, 0.3) is 0 Å². The van der Waals surface area contributed by atoms with Gasteiger partial charge < -0.3 is 14.2 Å². The summed E-state index contributed by atoms with van der Waals surface area (Å²) in [5.74, 6) is 1.84. The van der Waals surface area contributed by atoms with Gasteiger partial charge in [-0.3, -0.25) is 0 Å². The van der Waals surface area contributed by atoms with Crippen LogP contribution in [0.5, 0.6) is 17.2 Å². The van der Waals surface area contributed by atoms with E-state index in [1.807, 2.05) is 48.6 Å². The molecule has 4 heteroatoms. The molecule has 122 valence electrons. The minimum absolute atomic E-state index is 0.584. The molecule has 0 unspecified atom stereocenters. The third-order valence-corrected chi connectivity index (χ3v) is 3.75. The smallest absolute Gasteiger partial charge is 0.203 e. The van der Waals surface area contributed by atoms with Gasteiger partial charge in [0.2, 0.25) is 5.75 Å². The molecule has 0 amide bonds. The van der Waals surface area contributed by atoms with Gasteiger partial charge in [-0.2, -0.15) is 0 Å². The number of pyridine rings is 1. The first-order valence-corrected chi connectivity index (χ1v) is 7.59. The summed E-state index contributed by atoms with van der Waals surface area (Å²) in [6.45, 7) is 0. The van der Waals surface area contributed by atoms with Gasteiger partial charge in [0.05, 0.1) is 32.5 Å². The molecular formula is C20H19NO3. The van der Waals surface area contributed by atoms with E-state index in [9.17, 15) is 0 Å². The van der Waals surface area contributed by atoms with Crippen LogP contribution in [-0.4, -0.2) is 26.3 Å². The molecule has 0 atom stereocenters. The number of hydrogen-bond donors (Lipinski definition) is 0. The molecule has 4 nitrogen and oxygen atoms in total. The monoisotopic (exact) mass is 321 g/mol. The second kappa shape index (κ2) is 7.04. The number of para-hydroxylation sites is 1. The van der Waals surface area contributed by atoms with Gasteiger partial charge in [-0.25, -0.2) is 4.98 Å². The molecule has 3 rings (SSSR count). The van der Waals surface area contributed by atoms with Crippen molar-refractivity contribution < 1.29 is 14.2 Å². The topological polar surface area (TPSA) is 40.6 Å². The van der Waals surface area contributed by atoms with E-state index in [1.165, 1.54) is 0 Å². The molecule has 0 aliphatic rings. The zero-order chi connectivity index (χ0) is 16.9. The highest BCUT2D eigenvalue weighted by Gasteiger charge is 2.11. The van der Waals surface area contributed by atoms with Crippen LogP contribution in [0.15, 0.2) is 48.5 Å². The molecule has 1 heterocycles. The summed E-state index contributed by atoms with van der Waals surface area (Å²) in [5.41, 5.74) is 2.81. The maximum absolute atomic E-state index is 5.37. The Balaban J connectivity index is 1.95. The highest BCUT2D eigenvalue weighted by Crippen LogP contribution is 2.38. The zero-order valence-electron chi connectivity index (χ0n) is 13.9.